The molecule has 0 fully saturated rings. The van der Waals surface area contributed by atoms with Gasteiger partial charge in [0.1, 0.15) is 5.75 Å². The van der Waals surface area contributed by atoms with Crippen LogP contribution in [0.15, 0.2) is 36.4 Å². The van der Waals surface area contributed by atoms with Crippen molar-refractivity contribution in [2.75, 3.05) is 0 Å². The minimum atomic E-state index is -0.553. The van der Waals surface area contributed by atoms with Crippen molar-refractivity contribution >= 4 is 5.91 Å². The lowest BCUT2D eigenvalue weighted by Gasteiger charge is -2.22. The number of nitrogens with one attached hydrogen (secondary N) is 1. The average Bonchev–Trinajstić information content (AvgIpc) is 2.54. The minimum Gasteiger partial charge on any atom is -0.481 e. The van der Waals surface area contributed by atoms with Gasteiger partial charge in [-0.25, -0.2) is 0 Å². The highest BCUT2D eigenvalue weighted by molar-refractivity contribution is 5.81. The first-order chi connectivity index (χ1) is 12.2. The quantitative estimate of drug-likeness (QED) is 0.757. The molecule has 0 saturated carbocycles. The zero-order valence-corrected chi connectivity index (χ0v) is 17.0. The molecule has 0 bridgehead atoms. The Morgan fingerprint density at radius 1 is 0.885 bits per heavy atom. The van der Waals surface area contributed by atoms with Gasteiger partial charge >= 0.3 is 0 Å². The summed E-state index contributed by atoms with van der Waals surface area (Å²) in [6, 6.07) is 12.4. The summed E-state index contributed by atoms with van der Waals surface area (Å²) in [5.41, 5.74) is 5.79. The van der Waals surface area contributed by atoms with E-state index in [9.17, 15) is 4.79 Å². The Kier molecular flexibility index (Phi) is 6.47. The molecule has 0 aliphatic heterocycles. The standard InChI is InChI=1S/C23H31NO2/c1-14(2)20-10-8-16(4)13-22(20)26-19(7)23(25)24-18(6)21-11-9-15(3)12-17(21)5/h8-14,18-19H,1-7H3,(H,24,25)/t18-,19+/m0/s1. The minimum absolute atomic E-state index is 0.0590. The monoisotopic (exact) mass is 353 g/mol. The summed E-state index contributed by atoms with van der Waals surface area (Å²) in [5, 5.41) is 3.08. The van der Waals surface area contributed by atoms with Crippen molar-refractivity contribution in [2.45, 2.75) is 66.5 Å². The van der Waals surface area contributed by atoms with E-state index < -0.39 is 6.10 Å². The molecule has 0 aliphatic rings. The molecule has 2 aromatic carbocycles. The number of hydrogen-bond donors (Lipinski definition) is 1. The Hall–Kier alpha value is -2.29. The molecule has 3 nitrogen and oxygen atoms in total. The lowest BCUT2D eigenvalue weighted by Crippen LogP contribution is -2.38. The van der Waals surface area contributed by atoms with Gasteiger partial charge in [-0.15, -0.1) is 0 Å². The molecule has 0 saturated heterocycles. The normalized spacial score (nSPS) is 13.4. The van der Waals surface area contributed by atoms with Crippen molar-refractivity contribution in [1.29, 1.82) is 0 Å². The van der Waals surface area contributed by atoms with Crippen LogP contribution in [0.4, 0.5) is 0 Å². The van der Waals surface area contributed by atoms with Crippen molar-refractivity contribution in [3.63, 3.8) is 0 Å². The predicted octanol–water partition coefficient (Wildman–Crippen LogP) is 5.38. The first-order valence-corrected chi connectivity index (χ1v) is 9.33. The van der Waals surface area contributed by atoms with E-state index in [1.807, 2.05) is 19.9 Å². The van der Waals surface area contributed by atoms with Gasteiger partial charge < -0.3 is 10.1 Å². The van der Waals surface area contributed by atoms with Crippen molar-refractivity contribution in [2.24, 2.45) is 0 Å². The maximum atomic E-state index is 12.6. The van der Waals surface area contributed by atoms with Gasteiger partial charge in [-0.3, -0.25) is 4.79 Å². The first-order valence-electron chi connectivity index (χ1n) is 9.33. The zero-order chi connectivity index (χ0) is 19.4. The number of rotatable bonds is 6. The third kappa shape index (κ3) is 4.87. The van der Waals surface area contributed by atoms with E-state index in [2.05, 4.69) is 63.3 Å². The van der Waals surface area contributed by atoms with E-state index >= 15 is 0 Å². The van der Waals surface area contributed by atoms with Gasteiger partial charge in [-0.2, -0.15) is 0 Å². The maximum Gasteiger partial charge on any atom is 0.261 e. The van der Waals surface area contributed by atoms with Crippen molar-refractivity contribution in [3.8, 4) is 5.75 Å². The summed E-state index contributed by atoms with van der Waals surface area (Å²) >= 11 is 0. The number of amides is 1. The van der Waals surface area contributed by atoms with Crippen LogP contribution in [0.5, 0.6) is 5.75 Å². The highest BCUT2D eigenvalue weighted by Gasteiger charge is 2.20. The Bertz CT molecular complexity index is 780. The molecule has 2 rings (SSSR count). The van der Waals surface area contributed by atoms with Crippen LogP contribution in [0, 0.1) is 20.8 Å². The second kappa shape index (κ2) is 8.39. The highest BCUT2D eigenvalue weighted by atomic mass is 16.5. The Labute approximate surface area is 157 Å². The van der Waals surface area contributed by atoms with Crippen LogP contribution in [0.1, 0.15) is 67.5 Å². The summed E-state index contributed by atoms with van der Waals surface area (Å²) in [7, 11) is 0. The molecule has 0 aromatic heterocycles. The number of hydrogen-bond acceptors (Lipinski definition) is 2. The van der Waals surface area contributed by atoms with E-state index in [1.165, 1.54) is 11.1 Å². The molecule has 1 amide bonds. The summed E-state index contributed by atoms with van der Waals surface area (Å²) in [4.78, 5) is 12.6. The topological polar surface area (TPSA) is 38.3 Å². The molecule has 0 aliphatic carbocycles. The number of carbonyl (C=O) groups is 1. The first kappa shape index (κ1) is 20.0. The summed E-state index contributed by atoms with van der Waals surface area (Å²) in [5.74, 6) is 1.03. The molecule has 0 heterocycles. The van der Waals surface area contributed by atoms with Gasteiger partial charge in [0.15, 0.2) is 6.10 Å². The lowest BCUT2D eigenvalue weighted by molar-refractivity contribution is -0.127. The third-order valence-electron chi connectivity index (χ3n) is 4.71. The molecule has 3 heteroatoms. The smallest absolute Gasteiger partial charge is 0.261 e. The van der Waals surface area contributed by atoms with Crippen LogP contribution < -0.4 is 10.1 Å². The fourth-order valence-electron chi connectivity index (χ4n) is 3.18. The van der Waals surface area contributed by atoms with E-state index in [0.29, 0.717) is 5.92 Å². The second-order valence-corrected chi connectivity index (χ2v) is 7.55. The fraction of sp³-hybridized carbons (Fsp3) is 0.435. The van der Waals surface area contributed by atoms with Crippen LogP contribution in [0.2, 0.25) is 0 Å². The number of ether oxygens (including phenoxy) is 1. The molecular weight excluding hydrogens is 322 g/mol. The van der Waals surface area contributed by atoms with Crippen LogP contribution in [0.3, 0.4) is 0 Å². The van der Waals surface area contributed by atoms with Crippen molar-refractivity contribution < 1.29 is 9.53 Å². The Morgan fingerprint density at radius 3 is 2.04 bits per heavy atom. The van der Waals surface area contributed by atoms with Crippen molar-refractivity contribution in [1.82, 2.24) is 5.32 Å². The predicted molar refractivity (Wildman–Crippen MR) is 108 cm³/mol. The largest absolute Gasteiger partial charge is 0.481 e. The molecule has 2 aromatic rings. The molecular formula is C23H31NO2. The van der Waals surface area contributed by atoms with Gasteiger partial charge in [-0.05, 0) is 68.9 Å². The van der Waals surface area contributed by atoms with Gasteiger partial charge in [-0.1, -0.05) is 49.7 Å². The number of carbonyl (C=O) groups excluding carboxylic acids is 1. The van der Waals surface area contributed by atoms with E-state index in [0.717, 1.165) is 22.4 Å². The highest BCUT2D eigenvalue weighted by Crippen LogP contribution is 2.28. The SMILES string of the molecule is Cc1ccc([C@H](C)NC(=O)[C@@H](C)Oc2cc(C)ccc2C(C)C)c(C)c1. The summed E-state index contributed by atoms with van der Waals surface area (Å²) in [6.07, 6.45) is -0.553. The van der Waals surface area contributed by atoms with Crippen LogP contribution in [-0.4, -0.2) is 12.0 Å². The lowest BCUT2D eigenvalue weighted by atomic mass is 10.00. The summed E-state index contributed by atoms with van der Waals surface area (Å²) in [6.45, 7) is 14.3. The zero-order valence-electron chi connectivity index (χ0n) is 17.0. The number of aryl methyl sites for hydroxylation is 3. The van der Waals surface area contributed by atoms with E-state index in [-0.39, 0.29) is 11.9 Å². The summed E-state index contributed by atoms with van der Waals surface area (Å²) < 4.78 is 6.02. The maximum absolute atomic E-state index is 12.6. The van der Waals surface area contributed by atoms with Crippen LogP contribution in [-0.2, 0) is 4.79 Å². The fourth-order valence-corrected chi connectivity index (χ4v) is 3.18. The molecule has 0 radical (unpaired) electrons. The second-order valence-electron chi connectivity index (χ2n) is 7.55. The third-order valence-corrected chi connectivity index (χ3v) is 4.71. The van der Waals surface area contributed by atoms with Gasteiger partial charge in [0.2, 0.25) is 0 Å². The average molecular weight is 354 g/mol. The van der Waals surface area contributed by atoms with Crippen molar-refractivity contribution in [3.05, 3.63) is 64.2 Å². The Balaban J connectivity index is 2.09. The van der Waals surface area contributed by atoms with Gasteiger partial charge in [0, 0.05) is 0 Å². The molecule has 1 N–H and O–H groups in total. The molecule has 0 unspecified atom stereocenters. The van der Waals surface area contributed by atoms with Crippen LogP contribution >= 0.6 is 0 Å². The van der Waals surface area contributed by atoms with Gasteiger partial charge in [0.25, 0.3) is 5.91 Å². The number of benzene rings is 2. The Morgan fingerprint density at radius 2 is 1.46 bits per heavy atom. The molecule has 2 atom stereocenters. The van der Waals surface area contributed by atoms with E-state index in [1.54, 1.807) is 6.92 Å². The molecule has 26 heavy (non-hydrogen) atoms. The van der Waals surface area contributed by atoms with Crippen LogP contribution in [0.25, 0.3) is 0 Å². The van der Waals surface area contributed by atoms with E-state index in [4.69, 9.17) is 4.74 Å². The molecule has 0 spiro atoms. The van der Waals surface area contributed by atoms with Gasteiger partial charge in [0.05, 0.1) is 6.04 Å². The molecule has 140 valence electrons.